The molecule has 1 aliphatic carbocycles. The van der Waals surface area contributed by atoms with Gasteiger partial charge in [0.05, 0.1) is 11.6 Å². The Hall–Kier alpha value is -1.61. The van der Waals surface area contributed by atoms with Gasteiger partial charge in [-0.3, -0.25) is 0 Å². The number of hydrogen-bond acceptors (Lipinski definition) is 3. The van der Waals surface area contributed by atoms with Gasteiger partial charge in [-0.05, 0) is 44.4 Å². The van der Waals surface area contributed by atoms with Gasteiger partial charge in [0.25, 0.3) is 0 Å². The number of rotatable bonds is 4. The second kappa shape index (κ2) is 5.17. The van der Waals surface area contributed by atoms with Crippen LogP contribution in [0.2, 0.25) is 0 Å². The van der Waals surface area contributed by atoms with E-state index in [-0.39, 0.29) is 0 Å². The third-order valence-corrected chi connectivity index (χ3v) is 3.75. The largest absolute Gasteiger partial charge is 0.378 e. The molecule has 1 aliphatic rings. The molecule has 3 rings (SSSR count). The number of aromatic nitrogens is 1. The van der Waals surface area contributed by atoms with Crippen molar-refractivity contribution < 1.29 is 4.74 Å². The fourth-order valence-corrected chi connectivity index (χ4v) is 2.62. The second-order valence-corrected chi connectivity index (χ2v) is 5.24. The van der Waals surface area contributed by atoms with Crippen molar-refractivity contribution in [2.45, 2.75) is 38.8 Å². The van der Waals surface area contributed by atoms with Crippen LogP contribution in [0.3, 0.4) is 0 Å². The number of benzene rings is 1. The van der Waals surface area contributed by atoms with Crippen LogP contribution in [0.4, 0.5) is 5.82 Å². The lowest BCUT2D eigenvalue weighted by molar-refractivity contribution is 0.00292. The minimum absolute atomic E-state index is 0.434. The molecule has 3 heteroatoms. The van der Waals surface area contributed by atoms with Gasteiger partial charge in [-0.25, -0.2) is 4.98 Å². The van der Waals surface area contributed by atoms with Crippen molar-refractivity contribution in [1.29, 1.82) is 0 Å². The molecule has 1 aromatic heterocycles. The molecule has 0 amide bonds. The van der Waals surface area contributed by atoms with Gasteiger partial charge in [-0.1, -0.05) is 18.2 Å². The van der Waals surface area contributed by atoms with Gasteiger partial charge in [0.1, 0.15) is 5.82 Å². The van der Waals surface area contributed by atoms with E-state index in [2.05, 4.69) is 43.4 Å². The normalized spacial score (nSPS) is 22.2. The Bertz CT molecular complexity index is 576. The van der Waals surface area contributed by atoms with Gasteiger partial charge in [0.15, 0.2) is 0 Å². The van der Waals surface area contributed by atoms with Gasteiger partial charge >= 0.3 is 0 Å². The highest BCUT2D eigenvalue weighted by molar-refractivity contribution is 5.81. The number of anilines is 1. The Morgan fingerprint density at radius 1 is 1.32 bits per heavy atom. The molecule has 3 nitrogen and oxygen atoms in total. The van der Waals surface area contributed by atoms with Crippen LogP contribution in [0.15, 0.2) is 30.3 Å². The smallest absolute Gasteiger partial charge is 0.129 e. The highest BCUT2D eigenvalue weighted by Gasteiger charge is 2.29. The lowest BCUT2D eigenvalue weighted by Crippen LogP contribution is -2.41. The first-order valence-corrected chi connectivity index (χ1v) is 7.01. The molecular formula is C16H20N2O. The number of fused-ring (bicyclic) bond motifs is 1. The number of hydrogen-bond donors (Lipinski definition) is 1. The minimum atomic E-state index is 0.434. The summed E-state index contributed by atoms with van der Waals surface area (Å²) >= 11 is 0. The van der Waals surface area contributed by atoms with Crippen molar-refractivity contribution in [2.24, 2.45) is 0 Å². The molecule has 1 fully saturated rings. The van der Waals surface area contributed by atoms with Crippen molar-refractivity contribution in [2.75, 3.05) is 11.9 Å². The molecule has 2 aromatic rings. The Morgan fingerprint density at radius 2 is 2.11 bits per heavy atom. The van der Waals surface area contributed by atoms with E-state index in [0.717, 1.165) is 30.8 Å². The fraction of sp³-hybridized carbons (Fsp3) is 0.438. The molecule has 1 aromatic carbocycles. The summed E-state index contributed by atoms with van der Waals surface area (Å²) in [7, 11) is 0. The molecule has 0 spiro atoms. The van der Waals surface area contributed by atoms with E-state index in [1.807, 2.05) is 6.07 Å². The van der Waals surface area contributed by atoms with Crippen LogP contribution in [0.5, 0.6) is 0 Å². The first kappa shape index (κ1) is 12.4. The van der Waals surface area contributed by atoms with Crippen LogP contribution in [-0.2, 0) is 4.74 Å². The summed E-state index contributed by atoms with van der Waals surface area (Å²) < 4.78 is 5.59. The molecular weight excluding hydrogens is 236 g/mol. The summed E-state index contributed by atoms with van der Waals surface area (Å²) in [6.07, 6.45) is 2.60. The molecule has 0 bridgehead atoms. The molecule has 0 saturated heterocycles. The quantitative estimate of drug-likeness (QED) is 0.908. The molecule has 100 valence electrons. The third kappa shape index (κ3) is 2.56. The van der Waals surface area contributed by atoms with E-state index in [9.17, 15) is 0 Å². The molecule has 1 saturated carbocycles. The molecule has 0 radical (unpaired) electrons. The maximum Gasteiger partial charge on any atom is 0.129 e. The highest BCUT2D eigenvalue weighted by Crippen LogP contribution is 2.28. The highest BCUT2D eigenvalue weighted by atomic mass is 16.5. The zero-order valence-corrected chi connectivity index (χ0v) is 11.5. The molecule has 19 heavy (non-hydrogen) atoms. The third-order valence-electron chi connectivity index (χ3n) is 3.75. The van der Waals surface area contributed by atoms with Crippen molar-refractivity contribution in [3.8, 4) is 0 Å². The topological polar surface area (TPSA) is 34.1 Å². The van der Waals surface area contributed by atoms with Crippen LogP contribution in [0, 0.1) is 6.92 Å². The van der Waals surface area contributed by atoms with Crippen LogP contribution in [-0.4, -0.2) is 23.7 Å². The van der Waals surface area contributed by atoms with Crippen LogP contribution < -0.4 is 5.32 Å². The first-order valence-electron chi connectivity index (χ1n) is 7.01. The van der Waals surface area contributed by atoms with Gasteiger partial charge in [0.2, 0.25) is 0 Å². The van der Waals surface area contributed by atoms with Crippen LogP contribution >= 0.6 is 0 Å². The monoisotopic (exact) mass is 256 g/mol. The lowest BCUT2D eigenvalue weighted by Gasteiger charge is -2.36. The number of aryl methyl sites for hydroxylation is 1. The van der Waals surface area contributed by atoms with E-state index in [4.69, 9.17) is 9.72 Å². The maximum absolute atomic E-state index is 5.59. The fourth-order valence-electron chi connectivity index (χ4n) is 2.62. The summed E-state index contributed by atoms with van der Waals surface area (Å²) in [5.41, 5.74) is 2.26. The van der Waals surface area contributed by atoms with E-state index in [1.54, 1.807) is 0 Å². The van der Waals surface area contributed by atoms with Crippen LogP contribution in [0.1, 0.15) is 25.3 Å². The summed E-state index contributed by atoms with van der Waals surface area (Å²) in [6.45, 7) is 4.97. The molecule has 1 N–H and O–H groups in total. The Labute approximate surface area is 114 Å². The number of pyridine rings is 1. The average molecular weight is 256 g/mol. The van der Waals surface area contributed by atoms with Gasteiger partial charge in [-0.15, -0.1) is 0 Å². The maximum atomic E-state index is 5.59. The van der Waals surface area contributed by atoms with Crippen LogP contribution in [0.25, 0.3) is 10.9 Å². The van der Waals surface area contributed by atoms with Gasteiger partial charge < -0.3 is 10.1 Å². The molecule has 0 aliphatic heterocycles. The first-order chi connectivity index (χ1) is 9.26. The predicted molar refractivity (Wildman–Crippen MR) is 78.5 cm³/mol. The summed E-state index contributed by atoms with van der Waals surface area (Å²) in [5, 5.41) is 4.74. The lowest BCUT2D eigenvalue weighted by atomic mass is 9.89. The predicted octanol–water partition coefficient (Wildman–Crippen LogP) is 3.52. The Kier molecular flexibility index (Phi) is 3.38. The summed E-state index contributed by atoms with van der Waals surface area (Å²) in [6, 6.07) is 10.9. The van der Waals surface area contributed by atoms with Gasteiger partial charge in [-0.2, -0.15) is 0 Å². The van der Waals surface area contributed by atoms with E-state index < -0.39 is 0 Å². The summed E-state index contributed by atoms with van der Waals surface area (Å²) in [4.78, 5) is 4.72. The standard InChI is InChI=1S/C16H20N2O/c1-3-19-14-9-13(10-14)17-16-11(2)8-12-6-4-5-7-15(12)18-16/h4-8,13-14H,3,9-10H2,1-2H3,(H,17,18). The van der Waals surface area contributed by atoms with E-state index in [0.29, 0.717) is 12.1 Å². The summed E-state index contributed by atoms with van der Waals surface area (Å²) in [5.74, 6) is 1.01. The van der Waals surface area contributed by atoms with Gasteiger partial charge in [0, 0.05) is 18.0 Å². The number of nitrogens with one attached hydrogen (secondary N) is 1. The molecule has 0 unspecified atom stereocenters. The SMILES string of the molecule is CCOC1CC(Nc2nc3ccccc3cc2C)C1. The molecule has 1 heterocycles. The Morgan fingerprint density at radius 3 is 2.89 bits per heavy atom. The van der Waals surface area contributed by atoms with E-state index in [1.165, 1.54) is 10.9 Å². The number of para-hydroxylation sites is 1. The number of ether oxygens (including phenoxy) is 1. The van der Waals surface area contributed by atoms with Crippen molar-refractivity contribution >= 4 is 16.7 Å². The zero-order valence-electron chi connectivity index (χ0n) is 11.5. The van der Waals surface area contributed by atoms with E-state index >= 15 is 0 Å². The van der Waals surface area contributed by atoms with Crippen molar-refractivity contribution in [3.63, 3.8) is 0 Å². The number of nitrogens with zero attached hydrogens (tertiary/aromatic N) is 1. The molecule has 0 atom stereocenters. The van der Waals surface area contributed by atoms with Crippen molar-refractivity contribution in [1.82, 2.24) is 4.98 Å². The Balaban J connectivity index is 1.73. The zero-order chi connectivity index (χ0) is 13.2. The minimum Gasteiger partial charge on any atom is -0.378 e. The van der Waals surface area contributed by atoms with Crippen molar-refractivity contribution in [3.05, 3.63) is 35.9 Å². The second-order valence-electron chi connectivity index (χ2n) is 5.24. The average Bonchev–Trinajstić information content (AvgIpc) is 2.37.